The van der Waals surface area contributed by atoms with E-state index in [2.05, 4.69) is 0 Å². The van der Waals surface area contributed by atoms with Crippen LogP contribution >= 0.6 is 11.6 Å². The quantitative estimate of drug-likeness (QED) is 0.822. The number of hydrogen-bond donors (Lipinski definition) is 0. The molecule has 4 rings (SSSR count). The number of benzene rings is 1. The molecule has 128 valence electrons. The molecule has 1 aromatic heterocycles. The van der Waals surface area contributed by atoms with Crippen LogP contribution in [0.1, 0.15) is 35.9 Å². The summed E-state index contributed by atoms with van der Waals surface area (Å²) in [6, 6.07) is 11.1. The Morgan fingerprint density at radius 1 is 1.16 bits per heavy atom. The highest BCUT2D eigenvalue weighted by Gasteiger charge is 2.39. The number of nitrogens with zero attached hydrogens (tertiary/aromatic N) is 3. The summed E-state index contributed by atoms with van der Waals surface area (Å²) in [4.78, 5) is 24.0. The first-order chi connectivity index (χ1) is 12.1. The highest BCUT2D eigenvalue weighted by molar-refractivity contribution is 6.48. The third kappa shape index (κ3) is 3.00. The Balaban J connectivity index is 1.51. The van der Waals surface area contributed by atoms with Crippen molar-refractivity contribution in [1.29, 1.82) is 0 Å². The van der Waals surface area contributed by atoms with Crippen molar-refractivity contribution in [2.45, 2.75) is 25.4 Å². The average molecular weight is 356 g/mol. The highest BCUT2D eigenvalue weighted by Crippen LogP contribution is 2.33. The molecule has 3 heterocycles. The number of likely N-dealkylation sites (tertiary alicyclic amines) is 1. The predicted molar refractivity (Wildman–Crippen MR) is 97.7 cm³/mol. The lowest BCUT2D eigenvalue weighted by atomic mass is 9.98. The molecule has 0 unspecified atom stereocenters. The van der Waals surface area contributed by atoms with Crippen molar-refractivity contribution in [2.24, 2.45) is 9.98 Å². The van der Waals surface area contributed by atoms with E-state index in [1.54, 1.807) is 12.1 Å². The van der Waals surface area contributed by atoms with Crippen LogP contribution in [-0.2, 0) is 0 Å². The van der Waals surface area contributed by atoms with Crippen molar-refractivity contribution in [2.75, 3.05) is 13.1 Å². The minimum atomic E-state index is -0.445. The van der Waals surface area contributed by atoms with Gasteiger partial charge < -0.3 is 9.32 Å². The van der Waals surface area contributed by atoms with Gasteiger partial charge in [0.15, 0.2) is 11.4 Å². The van der Waals surface area contributed by atoms with Crippen molar-refractivity contribution < 1.29 is 9.21 Å². The summed E-state index contributed by atoms with van der Waals surface area (Å²) in [7, 11) is 0. The maximum Gasteiger partial charge on any atom is 0.289 e. The van der Waals surface area contributed by atoms with E-state index >= 15 is 0 Å². The summed E-state index contributed by atoms with van der Waals surface area (Å²) < 4.78 is 5.21. The largest absolute Gasteiger partial charge is 0.459 e. The molecule has 6 heteroatoms. The van der Waals surface area contributed by atoms with Gasteiger partial charge in [-0.15, -0.1) is 0 Å². The molecular weight excluding hydrogens is 338 g/mol. The first kappa shape index (κ1) is 16.1. The molecule has 0 saturated carbocycles. The van der Waals surface area contributed by atoms with Gasteiger partial charge in [-0.05, 0) is 31.2 Å². The fourth-order valence-corrected chi connectivity index (χ4v) is 3.53. The topological polar surface area (TPSA) is 58.2 Å². The SMILES string of the molecule is CC1=NC2(CCN(C(=O)c3ccco3)CC2)N=C1c1ccc(Cl)cc1. The maximum absolute atomic E-state index is 12.4. The van der Waals surface area contributed by atoms with Gasteiger partial charge in [-0.1, -0.05) is 23.7 Å². The van der Waals surface area contributed by atoms with Crippen LogP contribution in [0.3, 0.4) is 0 Å². The summed E-state index contributed by atoms with van der Waals surface area (Å²) in [5, 5.41) is 0.705. The van der Waals surface area contributed by atoms with Crippen molar-refractivity contribution in [3.8, 4) is 0 Å². The number of carbonyl (C=O) groups is 1. The van der Waals surface area contributed by atoms with Crippen molar-refractivity contribution in [3.05, 3.63) is 59.0 Å². The molecular formula is C19H18ClN3O2. The summed E-state index contributed by atoms with van der Waals surface area (Å²) in [6.07, 6.45) is 2.95. The number of rotatable bonds is 2. The van der Waals surface area contributed by atoms with Gasteiger partial charge in [0.2, 0.25) is 0 Å². The first-order valence-electron chi connectivity index (χ1n) is 8.32. The fraction of sp³-hybridized carbons (Fsp3) is 0.316. The van der Waals surface area contributed by atoms with Crippen LogP contribution in [-0.4, -0.2) is 41.0 Å². The van der Waals surface area contributed by atoms with E-state index in [0.29, 0.717) is 36.7 Å². The molecule has 0 aliphatic carbocycles. The maximum atomic E-state index is 12.4. The Bertz CT molecular complexity index is 845. The number of amides is 1. The van der Waals surface area contributed by atoms with Crippen LogP contribution in [0.15, 0.2) is 57.1 Å². The Morgan fingerprint density at radius 2 is 1.88 bits per heavy atom. The lowest BCUT2D eigenvalue weighted by Gasteiger charge is -2.35. The number of furan rings is 1. The molecule has 1 saturated heterocycles. The van der Waals surface area contributed by atoms with Gasteiger partial charge in [0.1, 0.15) is 0 Å². The molecule has 2 aliphatic rings. The summed E-state index contributed by atoms with van der Waals surface area (Å²) in [5.41, 5.74) is 2.44. The Hall–Kier alpha value is -2.40. The molecule has 1 spiro atoms. The standard InChI is InChI=1S/C19H18ClN3O2/c1-13-17(14-4-6-15(20)7-5-14)22-19(21-13)8-10-23(11-9-19)18(24)16-3-2-12-25-16/h2-7,12H,8-11H2,1H3. The number of piperidine rings is 1. The molecule has 25 heavy (non-hydrogen) atoms. The molecule has 1 amide bonds. The Labute approximate surface area is 151 Å². The summed E-state index contributed by atoms with van der Waals surface area (Å²) >= 11 is 5.97. The molecule has 1 aromatic carbocycles. The monoisotopic (exact) mass is 355 g/mol. The molecule has 0 bridgehead atoms. The van der Waals surface area contributed by atoms with E-state index in [-0.39, 0.29) is 5.91 Å². The fourth-order valence-electron chi connectivity index (χ4n) is 3.41. The van der Waals surface area contributed by atoms with Gasteiger partial charge in [0.05, 0.1) is 17.7 Å². The molecule has 2 aromatic rings. The van der Waals surface area contributed by atoms with E-state index in [1.807, 2.05) is 36.1 Å². The van der Waals surface area contributed by atoms with Gasteiger partial charge in [0.25, 0.3) is 5.91 Å². The van der Waals surface area contributed by atoms with Gasteiger partial charge in [-0.2, -0.15) is 0 Å². The van der Waals surface area contributed by atoms with Crippen LogP contribution in [0.2, 0.25) is 5.02 Å². The molecule has 0 radical (unpaired) electrons. The van der Waals surface area contributed by atoms with Crippen LogP contribution in [0.4, 0.5) is 0 Å². The van der Waals surface area contributed by atoms with Crippen LogP contribution in [0.25, 0.3) is 0 Å². The van der Waals surface area contributed by atoms with Crippen molar-refractivity contribution >= 4 is 28.9 Å². The highest BCUT2D eigenvalue weighted by atomic mass is 35.5. The normalized spacial score (nSPS) is 19.0. The van der Waals surface area contributed by atoms with Crippen LogP contribution < -0.4 is 0 Å². The third-order valence-electron chi connectivity index (χ3n) is 4.74. The smallest absolute Gasteiger partial charge is 0.289 e. The van der Waals surface area contributed by atoms with E-state index in [1.165, 1.54) is 6.26 Å². The Morgan fingerprint density at radius 3 is 2.52 bits per heavy atom. The van der Waals surface area contributed by atoms with Crippen molar-refractivity contribution in [3.63, 3.8) is 0 Å². The second-order valence-electron chi connectivity index (χ2n) is 6.42. The molecule has 1 fully saturated rings. The lowest BCUT2D eigenvalue weighted by Crippen LogP contribution is -2.44. The third-order valence-corrected chi connectivity index (χ3v) is 4.99. The summed E-state index contributed by atoms with van der Waals surface area (Å²) in [6.45, 7) is 3.23. The van der Waals surface area contributed by atoms with E-state index in [0.717, 1.165) is 17.0 Å². The second-order valence-corrected chi connectivity index (χ2v) is 6.85. The minimum absolute atomic E-state index is 0.0690. The zero-order valence-corrected chi connectivity index (χ0v) is 14.7. The van der Waals surface area contributed by atoms with Gasteiger partial charge in [0, 0.05) is 36.5 Å². The predicted octanol–water partition coefficient (Wildman–Crippen LogP) is 3.83. The van der Waals surface area contributed by atoms with Crippen LogP contribution in [0, 0.1) is 0 Å². The van der Waals surface area contributed by atoms with E-state index in [9.17, 15) is 4.79 Å². The second kappa shape index (κ2) is 6.15. The molecule has 2 aliphatic heterocycles. The van der Waals surface area contributed by atoms with Crippen LogP contribution in [0.5, 0.6) is 0 Å². The minimum Gasteiger partial charge on any atom is -0.459 e. The van der Waals surface area contributed by atoms with E-state index < -0.39 is 5.66 Å². The number of aliphatic imine (C=N–C) groups is 2. The number of carbonyl (C=O) groups excluding carboxylic acids is 1. The average Bonchev–Trinajstić information content (AvgIpc) is 3.25. The zero-order valence-electron chi connectivity index (χ0n) is 13.9. The van der Waals surface area contributed by atoms with Gasteiger partial charge >= 0.3 is 0 Å². The summed E-state index contributed by atoms with van der Waals surface area (Å²) in [5.74, 6) is 0.313. The van der Waals surface area contributed by atoms with Crippen molar-refractivity contribution in [1.82, 2.24) is 4.90 Å². The number of halogens is 1. The lowest BCUT2D eigenvalue weighted by molar-refractivity contribution is 0.0647. The van der Waals surface area contributed by atoms with Gasteiger partial charge in [-0.25, -0.2) is 0 Å². The van der Waals surface area contributed by atoms with E-state index in [4.69, 9.17) is 26.0 Å². The molecule has 5 nitrogen and oxygen atoms in total. The zero-order chi connectivity index (χ0) is 17.4. The Kier molecular flexibility index (Phi) is 3.96. The first-order valence-corrected chi connectivity index (χ1v) is 8.70. The van der Waals surface area contributed by atoms with Gasteiger partial charge in [-0.3, -0.25) is 14.8 Å². The molecule has 0 N–H and O–H groups in total. The molecule has 0 atom stereocenters. The number of hydrogen-bond acceptors (Lipinski definition) is 4.